The van der Waals surface area contributed by atoms with Crippen molar-refractivity contribution in [2.45, 2.75) is 25.4 Å². The van der Waals surface area contributed by atoms with Crippen LogP contribution in [0.4, 0.5) is 0 Å². The van der Waals surface area contributed by atoms with Gasteiger partial charge in [-0.05, 0) is 18.4 Å². The molecule has 1 nitrogen and oxygen atoms in total. The molecule has 0 unspecified atom stereocenters. The van der Waals surface area contributed by atoms with Gasteiger partial charge in [-0.25, -0.2) is 0 Å². The van der Waals surface area contributed by atoms with Crippen molar-refractivity contribution in [2.24, 2.45) is 0 Å². The quantitative estimate of drug-likeness (QED) is 0.639. The van der Waals surface area contributed by atoms with Crippen molar-refractivity contribution in [3.05, 3.63) is 29.8 Å². The van der Waals surface area contributed by atoms with Crippen LogP contribution in [0.1, 0.15) is 18.4 Å². The summed E-state index contributed by atoms with van der Waals surface area (Å²) in [5, 5.41) is 3.47. The van der Waals surface area contributed by atoms with Gasteiger partial charge in [-0.2, -0.15) is 0 Å². The highest BCUT2D eigenvalue weighted by atomic mass is 14.9. The average Bonchev–Trinajstić information content (AvgIpc) is 2.99. The molecule has 1 aromatic carbocycles. The summed E-state index contributed by atoms with van der Waals surface area (Å²) in [6.45, 7) is 0.965. The van der Waals surface area contributed by atoms with Crippen LogP contribution in [0.3, 0.4) is 0 Å². The molecule has 1 N–H and O–H groups in total. The maximum Gasteiger partial charge on any atom is 0.0957 e. The Morgan fingerprint density at radius 1 is 1.46 bits per heavy atom. The molecule has 0 saturated heterocycles. The Balaban J connectivity index is 1.93. The molecule has 1 saturated carbocycles. The van der Waals surface area contributed by atoms with Crippen LogP contribution < -0.4 is 10.8 Å². The predicted molar refractivity (Wildman–Crippen MR) is 57.4 cm³/mol. The van der Waals surface area contributed by atoms with Crippen LogP contribution in [0.5, 0.6) is 0 Å². The summed E-state index contributed by atoms with van der Waals surface area (Å²) in [6.07, 6.45) is 2.67. The van der Waals surface area contributed by atoms with E-state index in [1.807, 2.05) is 12.1 Å². The summed E-state index contributed by atoms with van der Waals surface area (Å²) in [6, 6.07) is 9.08. The zero-order valence-corrected chi connectivity index (χ0v) is 7.66. The molecule has 0 aliphatic heterocycles. The highest BCUT2D eigenvalue weighted by molar-refractivity contribution is 6.97. The van der Waals surface area contributed by atoms with Crippen LogP contribution in [0.25, 0.3) is 0 Å². The van der Waals surface area contributed by atoms with Gasteiger partial charge in [0.1, 0.15) is 0 Å². The van der Waals surface area contributed by atoms with Crippen molar-refractivity contribution in [2.75, 3.05) is 0 Å². The van der Waals surface area contributed by atoms with Gasteiger partial charge in [0.2, 0.25) is 0 Å². The largest absolute Gasteiger partial charge is 0.310 e. The van der Waals surface area contributed by atoms with E-state index in [9.17, 15) is 0 Å². The summed E-state index contributed by atoms with van der Waals surface area (Å²) < 4.78 is 0. The smallest absolute Gasteiger partial charge is 0.0957 e. The number of benzene rings is 1. The van der Waals surface area contributed by atoms with E-state index in [1.165, 1.54) is 18.4 Å². The summed E-state index contributed by atoms with van der Waals surface area (Å²) in [5.41, 5.74) is 2.40. The Morgan fingerprint density at radius 3 is 3.00 bits per heavy atom. The molecule has 0 heterocycles. The molecule has 0 bridgehead atoms. The number of hydrogen-bond acceptors (Lipinski definition) is 1. The molecule has 1 aromatic rings. The Morgan fingerprint density at radius 2 is 2.31 bits per heavy atom. The van der Waals surface area contributed by atoms with Gasteiger partial charge in [-0.15, -0.1) is 0 Å². The molecule has 0 spiro atoms. The molecular weight excluding hydrogens is 156 g/mol. The molecule has 13 heavy (non-hydrogen) atoms. The van der Waals surface area contributed by atoms with Crippen LogP contribution in [-0.2, 0) is 6.54 Å². The minimum absolute atomic E-state index is 0.769. The third kappa shape index (κ3) is 2.63. The molecular formula is C10H12B2N. The topological polar surface area (TPSA) is 12.0 Å². The average molecular weight is 168 g/mol. The van der Waals surface area contributed by atoms with Crippen molar-refractivity contribution in [1.82, 2.24) is 5.32 Å². The number of hydrogen-bond donors (Lipinski definition) is 1. The van der Waals surface area contributed by atoms with Crippen LogP contribution >= 0.6 is 0 Å². The molecule has 1 aliphatic carbocycles. The van der Waals surface area contributed by atoms with E-state index < -0.39 is 0 Å². The first kappa shape index (κ1) is 8.89. The molecule has 3 heteroatoms. The summed E-state index contributed by atoms with van der Waals surface area (Å²) in [4.78, 5) is 0. The van der Waals surface area contributed by atoms with E-state index in [-0.39, 0.29) is 0 Å². The number of nitrogens with one attached hydrogen (secondary N) is 1. The summed E-state index contributed by atoms with van der Waals surface area (Å²) in [5.74, 6) is 0. The van der Waals surface area contributed by atoms with Gasteiger partial charge in [-0.3, -0.25) is 0 Å². The Hall–Kier alpha value is -0.690. The molecule has 0 atom stereocenters. The van der Waals surface area contributed by atoms with Crippen LogP contribution in [0.15, 0.2) is 24.3 Å². The van der Waals surface area contributed by atoms with Crippen molar-refractivity contribution in [3.63, 3.8) is 0 Å². The predicted octanol–water partition coefficient (Wildman–Crippen LogP) is 0.352. The van der Waals surface area contributed by atoms with E-state index in [0.29, 0.717) is 0 Å². The first-order chi connectivity index (χ1) is 6.38. The van der Waals surface area contributed by atoms with Crippen LogP contribution in [0.2, 0.25) is 0 Å². The van der Waals surface area contributed by atoms with Gasteiger partial charge >= 0.3 is 0 Å². The Labute approximate surface area is 81.6 Å². The van der Waals surface area contributed by atoms with Crippen molar-refractivity contribution >= 4 is 20.4 Å². The molecule has 63 valence electrons. The lowest BCUT2D eigenvalue weighted by molar-refractivity contribution is 0.688. The number of rotatable bonds is 4. The molecule has 1 aliphatic rings. The van der Waals surface area contributed by atoms with E-state index in [1.54, 1.807) is 7.17 Å². The van der Waals surface area contributed by atoms with Gasteiger partial charge in [0.05, 0.1) is 7.17 Å². The third-order valence-electron chi connectivity index (χ3n) is 2.32. The first-order valence-electron chi connectivity index (χ1n) is 4.76. The first-order valence-corrected chi connectivity index (χ1v) is 4.76. The van der Waals surface area contributed by atoms with Crippen molar-refractivity contribution in [1.29, 1.82) is 0 Å². The van der Waals surface area contributed by atoms with Crippen LogP contribution in [0, 0.1) is 0 Å². The van der Waals surface area contributed by atoms with Crippen LogP contribution in [-0.4, -0.2) is 20.9 Å². The van der Waals surface area contributed by atoms with Gasteiger partial charge < -0.3 is 5.32 Å². The lowest BCUT2D eigenvalue weighted by Gasteiger charge is -2.04. The second-order valence-corrected chi connectivity index (χ2v) is 3.57. The Kier molecular flexibility index (Phi) is 2.74. The standard InChI is InChI=1S/C10H12B2N/c11-12-9-3-1-2-8(6-9)7-13-10-4-5-10/h1-3,6,10,13H,4-5,7H2. The zero-order chi connectivity index (χ0) is 9.10. The highest BCUT2D eigenvalue weighted by Gasteiger charge is 2.19. The van der Waals surface area contributed by atoms with Crippen molar-refractivity contribution in [3.8, 4) is 0 Å². The van der Waals surface area contributed by atoms with Crippen molar-refractivity contribution < 1.29 is 0 Å². The lowest BCUT2D eigenvalue weighted by Crippen LogP contribution is -2.19. The Bertz CT molecular complexity index is 284. The monoisotopic (exact) mass is 168 g/mol. The fourth-order valence-electron chi connectivity index (χ4n) is 1.36. The lowest BCUT2D eigenvalue weighted by atomic mass is 9.51. The van der Waals surface area contributed by atoms with Gasteiger partial charge in [0.15, 0.2) is 0 Å². The SMILES string of the molecule is [B][B]c1cccc(CNC2CC2)c1. The van der Waals surface area contributed by atoms with Gasteiger partial charge in [0.25, 0.3) is 0 Å². The maximum absolute atomic E-state index is 5.44. The second kappa shape index (κ2) is 4.01. The molecule has 0 aromatic heterocycles. The fraction of sp³-hybridized carbons (Fsp3) is 0.400. The van der Waals surface area contributed by atoms with E-state index >= 15 is 0 Å². The normalized spacial score (nSPS) is 15.7. The zero-order valence-electron chi connectivity index (χ0n) is 7.66. The molecule has 3 radical (unpaired) electrons. The van der Waals surface area contributed by atoms with Gasteiger partial charge in [0, 0.05) is 20.3 Å². The van der Waals surface area contributed by atoms with Gasteiger partial charge in [-0.1, -0.05) is 29.7 Å². The molecule has 2 rings (SSSR count). The molecule has 1 fully saturated rings. The van der Waals surface area contributed by atoms with E-state index in [4.69, 9.17) is 7.74 Å². The fourth-order valence-corrected chi connectivity index (χ4v) is 1.36. The van der Waals surface area contributed by atoms with E-state index in [0.717, 1.165) is 18.0 Å². The maximum atomic E-state index is 5.44. The highest BCUT2D eigenvalue weighted by Crippen LogP contribution is 2.18. The molecule has 0 amide bonds. The third-order valence-corrected chi connectivity index (χ3v) is 2.32. The van der Waals surface area contributed by atoms with E-state index in [2.05, 4.69) is 17.4 Å². The minimum atomic E-state index is 0.769. The second-order valence-electron chi connectivity index (χ2n) is 3.57. The minimum Gasteiger partial charge on any atom is -0.310 e. The summed E-state index contributed by atoms with van der Waals surface area (Å²) in [7, 11) is 7.08. The summed E-state index contributed by atoms with van der Waals surface area (Å²) >= 11 is 0.